The van der Waals surface area contributed by atoms with Gasteiger partial charge in [-0.25, -0.2) is 9.21 Å². The van der Waals surface area contributed by atoms with Gasteiger partial charge in [0.2, 0.25) is 0 Å². The number of hydrogen-bond acceptors (Lipinski definition) is 2. The summed E-state index contributed by atoms with van der Waals surface area (Å²) in [5.74, 6) is -0.451. The van der Waals surface area contributed by atoms with E-state index in [0.29, 0.717) is 0 Å². The summed E-state index contributed by atoms with van der Waals surface area (Å²) in [5.41, 5.74) is -1.11. The molecule has 1 aliphatic rings. The highest BCUT2D eigenvalue weighted by atomic mass is 35.5. The number of halogens is 1. The van der Waals surface area contributed by atoms with Gasteiger partial charge in [0.15, 0.2) is 5.54 Å². The van der Waals surface area contributed by atoms with E-state index in [4.69, 9.17) is 11.8 Å². The van der Waals surface area contributed by atoms with Crippen LogP contribution in [0.4, 0.5) is 4.79 Å². The van der Waals surface area contributed by atoms with Gasteiger partial charge in [-0.1, -0.05) is 6.08 Å². The zero-order chi connectivity index (χ0) is 8.65. The van der Waals surface area contributed by atoms with Gasteiger partial charge in [-0.15, -0.1) is 6.58 Å². The van der Waals surface area contributed by atoms with Crippen LogP contribution in [0.1, 0.15) is 6.92 Å². The van der Waals surface area contributed by atoms with Crippen molar-refractivity contribution in [2.75, 3.05) is 0 Å². The van der Waals surface area contributed by atoms with E-state index >= 15 is 0 Å². The molecule has 1 aliphatic heterocycles. The SMILES string of the molecule is C=CC1(C)C(=O)NC(=O)N1Cl. The molecule has 3 amide bonds. The summed E-state index contributed by atoms with van der Waals surface area (Å²) in [6.45, 7) is 4.92. The van der Waals surface area contributed by atoms with Gasteiger partial charge in [0, 0.05) is 11.8 Å². The van der Waals surface area contributed by atoms with Crippen molar-refractivity contribution in [2.45, 2.75) is 12.5 Å². The molecule has 11 heavy (non-hydrogen) atoms. The Kier molecular flexibility index (Phi) is 1.64. The van der Waals surface area contributed by atoms with Gasteiger partial charge in [0.05, 0.1) is 0 Å². The third kappa shape index (κ3) is 0.903. The Morgan fingerprint density at radius 3 is 2.45 bits per heavy atom. The third-order valence-electron chi connectivity index (χ3n) is 1.66. The van der Waals surface area contributed by atoms with Crippen LogP contribution in [-0.4, -0.2) is 21.9 Å². The molecule has 0 aromatic carbocycles. The Hall–Kier alpha value is -1.03. The molecule has 0 spiro atoms. The van der Waals surface area contributed by atoms with Crippen molar-refractivity contribution in [3.63, 3.8) is 0 Å². The minimum absolute atomic E-state index is 0.451. The van der Waals surface area contributed by atoms with Crippen molar-refractivity contribution < 1.29 is 9.59 Å². The lowest BCUT2D eigenvalue weighted by molar-refractivity contribution is -0.122. The maximum atomic E-state index is 11.0. The van der Waals surface area contributed by atoms with Crippen molar-refractivity contribution in [1.29, 1.82) is 0 Å². The van der Waals surface area contributed by atoms with E-state index in [1.807, 2.05) is 0 Å². The fourth-order valence-corrected chi connectivity index (χ4v) is 0.934. The average Bonchev–Trinajstić information content (AvgIpc) is 2.16. The highest BCUT2D eigenvalue weighted by molar-refractivity contribution is 6.28. The van der Waals surface area contributed by atoms with E-state index in [1.54, 1.807) is 0 Å². The van der Waals surface area contributed by atoms with Crippen LogP contribution >= 0.6 is 11.8 Å². The van der Waals surface area contributed by atoms with Gasteiger partial charge in [-0.3, -0.25) is 10.1 Å². The minimum atomic E-state index is -1.11. The number of nitrogens with one attached hydrogen (secondary N) is 1. The smallest absolute Gasteiger partial charge is 0.274 e. The van der Waals surface area contributed by atoms with Crippen LogP contribution in [0.2, 0.25) is 0 Å². The van der Waals surface area contributed by atoms with Crippen LogP contribution < -0.4 is 5.32 Å². The van der Waals surface area contributed by atoms with Crippen LogP contribution in [0.15, 0.2) is 12.7 Å². The summed E-state index contributed by atoms with van der Waals surface area (Å²) in [4.78, 5) is 21.8. The molecule has 1 heterocycles. The molecule has 1 saturated heterocycles. The lowest BCUT2D eigenvalue weighted by Crippen LogP contribution is -2.39. The molecular formula is C6H7ClN2O2. The maximum Gasteiger partial charge on any atom is 0.340 e. The van der Waals surface area contributed by atoms with Crippen molar-refractivity contribution >= 4 is 23.7 Å². The van der Waals surface area contributed by atoms with Crippen molar-refractivity contribution in [3.8, 4) is 0 Å². The van der Waals surface area contributed by atoms with E-state index < -0.39 is 17.5 Å². The van der Waals surface area contributed by atoms with Crippen LogP contribution in [0.3, 0.4) is 0 Å². The molecule has 1 rings (SSSR count). The van der Waals surface area contributed by atoms with Crippen molar-refractivity contribution in [2.24, 2.45) is 0 Å². The number of amides is 3. The monoisotopic (exact) mass is 174 g/mol. The molecule has 0 aliphatic carbocycles. The van der Waals surface area contributed by atoms with Gasteiger partial charge in [-0.05, 0) is 6.92 Å². The molecule has 0 aromatic rings. The quantitative estimate of drug-likeness (QED) is 0.360. The number of rotatable bonds is 1. The third-order valence-corrected chi connectivity index (χ3v) is 2.17. The van der Waals surface area contributed by atoms with E-state index in [-0.39, 0.29) is 0 Å². The fraction of sp³-hybridized carbons (Fsp3) is 0.333. The lowest BCUT2D eigenvalue weighted by atomic mass is 10.0. The van der Waals surface area contributed by atoms with Gasteiger partial charge in [0.25, 0.3) is 5.91 Å². The molecule has 0 radical (unpaired) electrons. The van der Waals surface area contributed by atoms with Gasteiger partial charge < -0.3 is 0 Å². The van der Waals surface area contributed by atoms with E-state index in [0.717, 1.165) is 4.42 Å². The maximum absolute atomic E-state index is 11.0. The second-order valence-corrected chi connectivity index (χ2v) is 2.73. The van der Waals surface area contributed by atoms with Gasteiger partial charge in [-0.2, -0.15) is 0 Å². The number of carbonyl (C=O) groups excluding carboxylic acids is 2. The van der Waals surface area contributed by atoms with E-state index in [1.165, 1.54) is 13.0 Å². The molecule has 0 aromatic heterocycles. The zero-order valence-electron chi connectivity index (χ0n) is 5.93. The average molecular weight is 175 g/mol. The molecule has 1 unspecified atom stereocenters. The topological polar surface area (TPSA) is 49.4 Å². The van der Waals surface area contributed by atoms with Crippen molar-refractivity contribution in [3.05, 3.63) is 12.7 Å². The van der Waals surface area contributed by atoms with Gasteiger partial charge >= 0.3 is 6.03 Å². The standard InChI is InChI=1S/C6H7ClN2O2/c1-3-6(2)4(10)8-5(11)9(6)7/h3H,1H2,2H3,(H,8,10,11). The summed E-state index contributed by atoms with van der Waals surface area (Å²) >= 11 is 5.49. The van der Waals surface area contributed by atoms with Crippen LogP contribution in [0.25, 0.3) is 0 Å². The molecule has 0 saturated carbocycles. The Labute approximate surface area is 68.9 Å². The minimum Gasteiger partial charge on any atom is -0.274 e. The first-order chi connectivity index (χ1) is 5.02. The summed E-state index contributed by atoms with van der Waals surface area (Å²) in [7, 11) is 0. The first kappa shape index (κ1) is 8.07. The van der Waals surface area contributed by atoms with Crippen LogP contribution in [-0.2, 0) is 4.79 Å². The predicted molar refractivity (Wildman–Crippen MR) is 39.8 cm³/mol. The Bertz CT molecular complexity index is 241. The summed E-state index contributed by atoms with van der Waals surface area (Å²) in [6, 6.07) is -0.612. The van der Waals surface area contributed by atoms with Gasteiger partial charge in [0.1, 0.15) is 0 Å². The largest absolute Gasteiger partial charge is 0.340 e. The Morgan fingerprint density at radius 2 is 2.27 bits per heavy atom. The summed E-state index contributed by atoms with van der Waals surface area (Å²) < 4.78 is 0.794. The highest BCUT2D eigenvalue weighted by Gasteiger charge is 2.46. The first-order valence-corrected chi connectivity index (χ1v) is 3.31. The fourth-order valence-electron chi connectivity index (χ4n) is 0.746. The van der Waals surface area contributed by atoms with Crippen LogP contribution in [0, 0.1) is 0 Å². The Morgan fingerprint density at radius 1 is 1.73 bits per heavy atom. The number of carbonyl (C=O) groups is 2. The molecule has 5 heteroatoms. The highest BCUT2D eigenvalue weighted by Crippen LogP contribution is 2.24. The zero-order valence-corrected chi connectivity index (χ0v) is 6.68. The molecule has 4 nitrogen and oxygen atoms in total. The molecule has 1 fully saturated rings. The normalized spacial score (nSPS) is 30.5. The van der Waals surface area contributed by atoms with Crippen LogP contribution in [0.5, 0.6) is 0 Å². The number of urea groups is 1. The van der Waals surface area contributed by atoms with E-state index in [2.05, 4.69) is 11.9 Å². The predicted octanol–water partition coefficient (Wildman–Crippen LogP) is 0.637. The van der Waals surface area contributed by atoms with Crippen molar-refractivity contribution in [1.82, 2.24) is 9.74 Å². The molecular weight excluding hydrogens is 168 g/mol. The second-order valence-electron chi connectivity index (χ2n) is 2.39. The molecule has 0 bridgehead atoms. The molecule has 60 valence electrons. The number of hydrogen-bond donors (Lipinski definition) is 1. The summed E-state index contributed by atoms with van der Waals surface area (Å²) in [5, 5.41) is 2.05. The van der Waals surface area contributed by atoms with E-state index in [9.17, 15) is 9.59 Å². The lowest BCUT2D eigenvalue weighted by Gasteiger charge is -2.20. The molecule has 1 N–H and O–H groups in total. The number of imide groups is 1. The summed E-state index contributed by atoms with van der Waals surface area (Å²) in [6.07, 6.45) is 1.32. The number of nitrogens with zero attached hydrogens (tertiary/aromatic N) is 1. The molecule has 1 atom stereocenters. The second kappa shape index (κ2) is 2.23. The first-order valence-electron chi connectivity index (χ1n) is 2.97. The Balaban J connectivity index is 3.05.